The van der Waals surface area contributed by atoms with Gasteiger partial charge in [0.15, 0.2) is 0 Å². The fraction of sp³-hybridized carbons (Fsp3) is 0.310. The van der Waals surface area contributed by atoms with Crippen molar-refractivity contribution in [3.05, 3.63) is 105 Å². The van der Waals surface area contributed by atoms with Crippen molar-refractivity contribution in [1.29, 1.82) is 0 Å². The molecule has 0 radical (unpaired) electrons. The number of hydrogen-bond donors (Lipinski definition) is 2. The first-order chi connectivity index (χ1) is 17.3. The smallest absolute Gasteiger partial charge is 0.255 e. The molecule has 5 nitrogen and oxygen atoms in total. The average Bonchev–Trinajstić information content (AvgIpc) is 2.86. The SMILES string of the molecule is CC(C)C(CO)N1C(=O)c2ccccc2[C@@H](C(=O)NCCc2ccccc2)[C@@H]1c1ccc(Cl)cc1Cl. The van der Waals surface area contributed by atoms with E-state index in [4.69, 9.17) is 23.2 Å². The molecule has 3 aromatic carbocycles. The molecule has 0 saturated heterocycles. The van der Waals surface area contributed by atoms with Crippen LogP contribution >= 0.6 is 23.2 Å². The van der Waals surface area contributed by atoms with Crippen LogP contribution in [0.1, 0.15) is 52.9 Å². The molecule has 7 heteroatoms. The molecule has 188 valence electrons. The zero-order valence-corrected chi connectivity index (χ0v) is 21.8. The van der Waals surface area contributed by atoms with Crippen molar-refractivity contribution < 1.29 is 14.7 Å². The van der Waals surface area contributed by atoms with Gasteiger partial charge >= 0.3 is 0 Å². The Hall–Kier alpha value is -2.86. The maximum Gasteiger partial charge on any atom is 0.255 e. The molecule has 36 heavy (non-hydrogen) atoms. The van der Waals surface area contributed by atoms with Gasteiger partial charge in [0.1, 0.15) is 0 Å². The Morgan fingerprint density at radius 3 is 2.36 bits per heavy atom. The summed E-state index contributed by atoms with van der Waals surface area (Å²) >= 11 is 12.9. The molecule has 0 spiro atoms. The minimum atomic E-state index is -0.721. The molecule has 1 unspecified atom stereocenters. The van der Waals surface area contributed by atoms with E-state index in [1.165, 1.54) is 0 Å². The van der Waals surface area contributed by atoms with Crippen molar-refractivity contribution in [2.75, 3.05) is 13.2 Å². The zero-order chi connectivity index (χ0) is 25.8. The van der Waals surface area contributed by atoms with E-state index in [9.17, 15) is 14.7 Å². The third-order valence-electron chi connectivity index (χ3n) is 6.81. The molecule has 1 heterocycles. The van der Waals surface area contributed by atoms with E-state index in [-0.39, 0.29) is 24.3 Å². The monoisotopic (exact) mass is 524 g/mol. The summed E-state index contributed by atoms with van der Waals surface area (Å²) < 4.78 is 0. The Morgan fingerprint density at radius 1 is 1.00 bits per heavy atom. The molecular weight excluding hydrogens is 495 g/mol. The number of amides is 2. The molecule has 3 aromatic rings. The number of nitrogens with one attached hydrogen (secondary N) is 1. The molecule has 0 aliphatic carbocycles. The molecule has 0 fully saturated rings. The minimum absolute atomic E-state index is 0.0559. The van der Waals surface area contributed by atoms with Gasteiger partial charge in [0.25, 0.3) is 5.91 Å². The van der Waals surface area contributed by atoms with E-state index < -0.39 is 18.0 Å². The highest BCUT2D eigenvalue weighted by Gasteiger charge is 2.47. The van der Waals surface area contributed by atoms with Gasteiger partial charge in [-0.1, -0.05) is 91.6 Å². The molecule has 1 aliphatic heterocycles. The van der Waals surface area contributed by atoms with E-state index in [0.29, 0.717) is 39.7 Å². The van der Waals surface area contributed by atoms with Crippen molar-refractivity contribution in [3.8, 4) is 0 Å². The topological polar surface area (TPSA) is 69.6 Å². The molecule has 2 amide bonds. The fourth-order valence-electron chi connectivity index (χ4n) is 4.98. The predicted octanol–water partition coefficient (Wildman–Crippen LogP) is 5.65. The highest BCUT2D eigenvalue weighted by Crippen LogP contribution is 2.46. The van der Waals surface area contributed by atoms with Crippen LogP contribution in [0.3, 0.4) is 0 Å². The van der Waals surface area contributed by atoms with Crippen molar-refractivity contribution in [1.82, 2.24) is 10.2 Å². The number of nitrogens with zero attached hydrogens (tertiary/aromatic N) is 1. The van der Waals surface area contributed by atoms with Crippen molar-refractivity contribution in [2.24, 2.45) is 5.92 Å². The van der Waals surface area contributed by atoms with Crippen LogP contribution in [0.4, 0.5) is 0 Å². The van der Waals surface area contributed by atoms with Crippen LogP contribution in [0.5, 0.6) is 0 Å². The van der Waals surface area contributed by atoms with Crippen molar-refractivity contribution in [3.63, 3.8) is 0 Å². The minimum Gasteiger partial charge on any atom is -0.394 e. The number of fused-ring (bicyclic) bond motifs is 1. The van der Waals surface area contributed by atoms with Crippen LogP contribution in [-0.4, -0.2) is 41.0 Å². The first kappa shape index (κ1) is 26.2. The number of halogens is 2. The van der Waals surface area contributed by atoms with Gasteiger partial charge < -0.3 is 15.3 Å². The second kappa shape index (κ2) is 11.5. The van der Waals surface area contributed by atoms with Crippen LogP contribution in [0, 0.1) is 5.92 Å². The van der Waals surface area contributed by atoms with Crippen LogP contribution in [-0.2, 0) is 11.2 Å². The van der Waals surface area contributed by atoms with E-state index >= 15 is 0 Å². The Kier molecular flexibility index (Phi) is 8.35. The predicted molar refractivity (Wildman–Crippen MR) is 143 cm³/mol. The van der Waals surface area contributed by atoms with Gasteiger partial charge in [0, 0.05) is 22.2 Å². The number of carbonyl (C=O) groups excluding carboxylic acids is 2. The third kappa shape index (κ3) is 5.29. The van der Waals surface area contributed by atoms with Gasteiger partial charge in [0.2, 0.25) is 5.91 Å². The van der Waals surface area contributed by atoms with Gasteiger partial charge in [-0.05, 0) is 47.2 Å². The van der Waals surface area contributed by atoms with Crippen LogP contribution in [0.2, 0.25) is 10.0 Å². The second-order valence-corrected chi connectivity index (χ2v) is 10.3. The van der Waals surface area contributed by atoms with Gasteiger partial charge in [0.05, 0.1) is 24.6 Å². The molecule has 4 rings (SSSR count). The average molecular weight is 525 g/mol. The number of aliphatic hydroxyl groups is 1. The summed E-state index contributed by atoms with van der Waals surface area (Å²) in [5.41, 5.74) is 2.84. The summed E-state index contributed by atoms with van der Waals surface area (Å²) in [6.07, 6.45) is 0.682. The molecule has 0 aromatic heterocycles. The Morgan fingerprint density at radius 2 is 1.69 bits per heavy atom. The van der Waals surface area contributed by atoms with Crippen LogP contribution < -0.4 is 5.32 Å². The maximum absolute atomic E-state index is 13.9. The fourth-order valence-corrected chi connectivity index (χ4v) is 5.50. The number of hydrogen-bond acceptors (Lipinski definition) is 3. The van der Waals surface area contributed by atoms with Crippen LogP contribution in [0.25, 0.3) is 0 Å². The van der Waals surface area contributed by atoms with E-state index in [1.54, 1.807) is 35.2 Å². The first-order valence-corrected chi connectivity index (χ1v) is 12.9. The van der Waals surface area contributed by atoms with Crippen molar-refractivity contribution >= 4 is 35.0 Å². The quantitative estimate of drug-likeness (QED) is 0.400. The van der Waals surface area contributed by atoms with E-state index in [2.05, 4.69) is 5.32 Å². The first-order valence-electron chi connectivity index (χ1n) is 12.1. The highest BCUT2D eigenvalue weighted by molar-refractivity contribution is 6.35. The maximum atomic E-state index is 13.9. The standard InChI is InChI=1S/C29H30Cl2N2O3/c1-18(2)25(17-34)33-27(23-13-12-20(30)16-24(23)31)26(21-10-6-7-11-22(21)29(33)36)28(35)32-15-14-19-8-4-3-5-9-19/h3-13,16,18,25-27,34H,14-15,17H2,1-2H3,(H,32,35)/t25?,26-,27+/m1/s1. The number of benzene rings is 3. The number of aliphatic hydroxyl groups excluding tert-OH is 1. The summed E-state index contributed by atoms with van der Waals surface area (Å²) in [5.74, 6) is -1.21. The summed E-state index contributed by atoms with van der Waals surface area (Å²) in [5, 5.41) is 14.3. The number of carbonyl (C=O) groups is 2. The summed E-state index contributed by atoms with van der Waals surface area (Å²) in [6, 6.07) is 21.0. The summed E-state index contributed by atoms with van der Waals surface area (Å²) in [4.78, 5) is 29.4. The molecule has 0 bridgehead atoms. The zero-order valence-electron chi connectivity index (χ0n) is 20.3. The molecule has 3 atom stereocenters. The third-order valence-corrected chi connectivity index (χ3v) is 7.37. The molecule has 1 aliphatic rings. The normalized spacial score (nSPS) is 18.2. The highest BCUT2D eigenvalue weighted by atomic mass is 35.5. The Balaban J connectivity index is 1.80. The van der Waals surface area contributed by atoms with E-state index in [1.807, 2.05) is 56.3 Å². The molecule has 0 saturated carbocycles. The lowest BCUT2D eigenvalue weighted by Gasteiger charge is -2.46. The molecular formula is C29H30Cl2N2O3. The lowest BCUT2D eigenvalue weighted by molar-refractivity contribution is -0.124. The summed E-state index contributed by atoms with van der Waals surface area (Å²) in [7, 11) is 0. The number of rotatable bonds is 8. The van der Waals surface area contributed by atoms with E-state index in [0.717, 1.165) is 5.56 Å². The van der Waals surface area contributed by atoms with Gasteiger partial charge in [-0.15, -0.1) is 0 Å². The largest absolute Gasteiger partial charge is 0.394 e. The summed E-state index contributed by atoms with van der Waals surface area (Å²) in [6.45, 7) is 4.11. The second-order valence-electron chi connectivity index (χ2n) is 9.41. The lowest BCUT2D eigenvalue weighted by atomic mass is 9.77. The van der Waals surface area contributed by atoms with Crippen LogP contribution in [0.15, 0.2) is 72.8 Å². The van der Waals surface area contributed by atoms with Gasteiger partial charge in [-0.3, -0.25) is 9.59 Å². The van der Waals surface area contributed by atoms with Gasteiger partial charge in [-0.2, -0.15) is 0 Å². The molecule has 2 N–H and O–H groups in total. The van der Waals surface area contributed by atoms with Gasteiger partial charge in [-0.25, -0.2) is 0 Å². The van der Waals surface area contributed by atoms with Crippen molar-refractivity contribution in [2.45, 2.75) is 38.3 Å². The Labute approximate surface area is 222 Å². The Bertz CT molecular complexity index is 1230. The lowest BCUT2D eigenvalue weighted by Crippen LogP contribution is -2.54.